The van der Waals surface area contributed by atoms with Crippen LogP contribution in [0.5, 0.6) is 0 Å². The van der Waals surface area contributed by atoms with Gasteiger partial charge in [-0.3, -0.25) is 23.9 Å². The van der Waals surface area contributed by atoms with Gasteiger partial charge in [-0.15, -0.1) is 0 Å². The van der Waals surface area contributed by atoms with Crippen LogP contribution in [0, 0.1) is 17.6 Å². The Kier molecular flexibility index (Phi) is 10.6. The Labute approximate surface area is 353 Å². The molecule has 13 heteroatoms. The van der Waals surface area contributed by atoms with Gasteiger partial charge in [-0.1, -0.05) is 49.1 Å². The van der Waals surface area contributed by atoms with Gasteiger partial charge in [-0.2, -0.15) is 4.98 Å². The van der Waals surface area contributed by atoms with E-state index in [1.807, 2.05) is 17.0 Å². The predicted octanol–water partition coefficient (Wildman–Crippen LogP) is 8.43. The highest BCUT2D eigenvalue weighted by atomic mass is 35.5. The first-order chi connectivity index (χ1) is 29.1. The third-order valence-corrected chi connectivity index (χ3v) is 15.2. The average Bonchev–Trinajstić information content (AvgIpc) is 3.49. The van der Waals surface area contributed by atoms with E-state index in [2.05, 4.69) is 32.6 Å². The molecule has 6 heterocycles. The molecule has 2 unspecified atom stereocenters. The molecule has 1 aromatic heterocycles. The maximum Gasteiger partial charge on any atom is 0.282 e. The van der Waals surface area contributed by atoms with E-state index in [9.17, 15) is 14.4 Å². The Bertz CT molecular complexity index is 2360. The van der Waals surface area contributed by atoms with Crippen molar-refractivity contribution in [3.05, 3.63) is 92.5 Å². The Morgan fingerprint density at radius 3 is 2.22 bits per heavy atom. The van der Waals surface area contributed by atoms with Crippen molar-refractivity contribution in [2.24, 2.45) is 5.92 Å². The summed E-state index contributed by atoms with van der Waals surface area (Å²) in [5, 5.41) is 0.902. The molecule has 1 spiro atoms. The summed E-state index contributed by atoms with van der Waals surface area (Å²) in [6.07, 6.45) is 9.37. The van der Waals surface area contributed by atoms with Crippen LogP contribution in [0.1, 0.15) is 106 Å². The lowest BCUT2D eigenvalue weighted by Crippen LogP contribution is -2.55. The molecule has 0 bridgehead atoms. The maximum atomic E-state index is 16.0. The fourth-order valence-corrected chi connectivity index (χ4v) is 12.0. The number of piperidine rings is 4. The summed E-state index contributed by atoms with van der Waals surface area (Å²) in [5.74, 6) is -1.39. The molecule has 60 heavy (non-hydrogen) atoms. The van der Waals surface area contributed by atoms with E-state index < -0.39 is 35.3 Å². The van der Waals surface area contributed by atoms with Crippen molar-refractivity contribution in [2.45, 2.75) is 107 Å². The summed E-state index contributed by atoms with van der Waals surface area (Å²) in [6, 6.07) is 15.0. The molecule has 0 radical (unpaired) electrons. The molecule has 2 amide bonds. The van der Waals surface area contributed by atoms with Gasteiger partial charge in [0.1, 0.15) is 17.7 Å². The first-order valence-corrected chi connectivity index (χ1v) is 22.5. The lowest BCUT2D eigenvalue weighted by atomic mass is 9.69. The van der Waals surface area contributed by atoms with E-state index in [1.54, 1.807) is 6.07 Å². The van der Waals surface area contributed by atoms with Gasteiger partial charge >= 0.3 is 0 Å². The molecule has 4 saturated heterocycles. The molecule has 5 aliphatic heterocycles. The van der Waals surface area contributed by atoms with E-state index in [1.165, 1.54) is 29.7 Å². The number of aromatic nitrogens is 2. The smallest absolute Gasteiger partial charge is 0.282 e. The van der Waals surface area contributed by atoms with Crippen LogP contribution in [0.25, 0.3) is 16.6 Å². The van der Waals surface area contributed by atoms with Crippen LogP contribution < -0.4 is 15.4 Å². The Hall–Kier alpha value is -4.26. The van der Waals surface area contributed by atoms with Crippen LogP contribution >= 0.6 is 11.6 Å². The topological polar surface area (TPSA) is 82.0 Å². The Morgan fingerprint density at radius 2 is 1.52 bits per heavy atom. The number of carbonyl (C=O) groups excluding carboxylic acids is 2. The molecular formula is C47H52ClF3N6O3. The minimum atomic E-state index is -0.934. The van der Waals surface area contributed by atoms with Gasteiger partial charge in [-0.05, 0) is 124 Å². The highest BCUT2D eigenvalue weighted by molar-refractivity contribution is 6.35. The summed E-state index contributed by atoms with van der Waals surface area (Å²) in [6.45, 7) is 5.01. The molecule has 6 aliphatic rings. The number of halogens is 4. The zero-order valence-corrected chi connectivity index (χ0v) is 34.7. The number of benzene rings is 3. The van der Waals surface area contributed by atoms with Gasteiger partial charge in [0.2, 0.25) is 11.8 Å². The monoisotopic (exact) mass is 840 g/mol. The van der Waals surface area contributed by atoms with Crippen LogP contribution in [0.3, 0.4) is 0 Å². The summed E-state index contributed by atoms with van der Waals surface area (Å²) in [5.41, 5.74) is 3.81. The number of hydrogen-bond donors (Lipinski definition) is 0. The summed E-state index contributed by atoms with van der Waals surface area (Å²) in [7, 11) is 0. The van der Waals surface area contributed by atoms with Crippen LogP contribution in [-0.2, 0) is 15.0 Å². The number of imide groups is 1. The lowest BCUT2D eigenvalue weighted by Gasteiger charge is -2.44. The number of likely N-dealkylation sites (tertiary alicyclic amines) is 2. The van der Waals surface area contributed by atoms with Gasteiger partial charge in [0.25, 0.3) is 5.56 Å². The predicted molar refractivity (Wildman–Crippen MR) is 227 cm³/mol. The van der Waals surface area contributed by atoms with Crippen molar-refractivity contribution >= 4 is 45.7 Å². The molecule has 3 aromatic carbocycles. The maximum absolute atomic E-state index is 16.0. The lowest BCUT2D eigenvalue weighted by molar-refractivity contribution is -0.129. The average molecular weight is 841 g/mol. The molecule has 5 fully saturated rings. The highest BCUT2D eigenvalue weighted by Crippen LogP contribution is 2.52. The molecule has 1 saturated carbocycles. The number of amides is 2. The SMILES string of the molecule is O=C1CCCC(=O)N1c1c(F)cc(N2CCC(CN3CCC(N4CCC(c5ccc6c(c5)-n5c(nc(=O)c7c(Cl)cccc75)C65CCCCC5)CC4)C(F)C3)CC2)cc1F. The third kappa shape index (κ3) is 6.85. The number of alkyl halides is 1. The minimum absolute atomic E-state index is 0.0902. The fraction of sp³-hybridized carbons (Fsp3) is 0.532. The second-order valence-corrected chi connectivity index (χ2v) is 18.6. The van der Waals surface area contributed by atoms with E-state index >= 15 is 13.2 Å². The van der Waals surface area contributed by atoms with E-state index in [-0.39, 0.29) is 29.9 Å². The third-order valence-electron chi connectivity index (χ3n) is 14.8. The number of hydrogen-bond acceptors (Lipinski definition) is 7. The van der Waals surface area contributed by atoms with E-state index in [4.69, 9.17) is 16.6 Å². The van der Waals surface area contributed by atoms with Crippen molar-refractivity contribution in [3.63, 3.8) is 0 Å². The number of rotatable bonds is 6. The normalized spacial score (nSPS) is 24.4. The zero-order valence-electron chi connectivity index (χ0n) is 34.0. The molecule has 1 aliphatic carbocycles. The quantitative estimate of drug-likeness (QED) is 0.181. The van der Waals surface area contributed by atoms with Crippen molar-refractivity contribution < 1.29 is 22.8 Å². The first-order valence-electron chi connectivity index (χ1n) is 22.2. The molecule has 10 rings (SSSR count). The van der Waals surface area contributed by atoms with Gasteiger partial charge in [0.05, 0.1) is 27.0 Å². The van der Waals surface area contributed by atoms with Crippen LogP contribution in [0.2, 0.25) is 5.02 Å². The number of nitrogens with zero attached hydrogens (tertiary/aromatic N) is 6. The second kappa shape index (κ2) is 15.9. The number of anilines is 2. The van der Waals surface area contributed by atoms with Gasteiger partial charge in [0.15, 0.2) is 11.6 Å². The van der Waals surface area contributed by atoms with Gasteiger partial charge in [-0.25, -0.2) is 18.1 Å². The molecule has 2 atom stereocenters. The Balaban J connectivity index is 0.752. The van der Waals surface area contributed by atoms with Crippen molar-refractivity contribution in [3.8, 4) is 5.69 Å². The molecular weight excluding hydrogens is 789 g/mol. The van der Waals surface area contributed by atoms with Gasteiger partial charge in [0, 0.05) is 50.7 Å². The second-order valence-electron chi connectivity index (χ2n) is 18.2. The van der Waals surface area contributed by atoms with Crippen molar-refractivity contribution in [1.29, 1.82) is 0 Å². The molecule has 0 N–H and O–H groups in total. The van der Waals surface area contributed by atoms with E-state index in [0.717, 1.165) is 101 Å². The summed E-state index contributed by atoms with van der Waals surface area (Å²) in [4.78, 5) is 50.1. The Morgan fingerprint density at radius 1 is 0.800 bits per heavy atom. The van der Waals surface area contributed by atoms with Crippen LogP contribution in [-0.4, -0.2) is 89.2 Å². The largest absolute Gasteiger partial charge is 0.371 e. The highest BCUT2D eigenvalue weighted by Gasteiger charge is 2.47. The van der Waals surface area contributed by atoms with Gasteiger partial charge < -0.3 is 9.80 Å². The standard InChI is InChI=1S/C47H52ClF3N6O3/c48-34-6-4-7-39-43(34)45(60)52-46-47(17-2-1-3-18-47)33-11-10-31(24-40(33)56(39)46)30-14-22-55(23-15-30)38-16-19-53(28-37(38)51)27-29-12-20-54(21-13-29)32-25-35(49)44(36(50)26-32)57-41(58)8-5-9-42(57)59/h4,6-7,10-11,24-26,29-30,37-38H,1-3,5,8-9,12-23,27-28H2. The molecule has 9 nitrogen and oxygen atoms in total. The molecule has 4 aromatic rings. The fourth-order valence-electron chi connectivity index (χ4n) is 11.7. The van der Waals surface area contributed by atoms with E-state index in [0.29, 0.717) is 58.9 Å². The van der Waals surface area contributed by atoms with Crippen LogP contribution in [0.15, 0.2) is 53.3 Å². The summed E-state index contributed by atoms with van der Waals surface area (Å²) < 4.78 is 48.7. The number of carbonyl (C=O) groups is 2. The molecule has 316 valence electrons. The zero-order chi connectivity index (χ0) is 41.3. The first kappa shape index (κ1) is 39.9. The van der Waals surface area contributed by atoms with Crippen molar-refractivity contribution in [1.82, 2.24) is 19.4 Å². The minimum Gasteiger partial charge on any atom is -0.371 e. The number of fused-ring (bicyclic) bond motifs is 7. The van der Waals surface area contributed by atoms with Crippen molar-refractivity contribution in [2.75, 3.05) is 55.6 Å². The summed E-state index contributed by atoms with van der Waals surface area (Å²) >= 11 is 6.60. The van der Waals surface area contributed by atoms with Crippen LogP contribution in [0.4, 0.5) is 24.5 Å².